The molecule has 3 heterocycles. The van der Waals surface area contributed by atoms with E-state index in [0.717, 1.165) is 35.1 Å². The maximum Gasteiger partial charge on any atom is 0.309 e. The Morgan fingerprint density at radius 1 is 1.07 bits per heavy atom. The molecule has 12 heteroatoms. The van der Waals surface area contributed by atoms with E-state index >= 15 is 0 Å². The number of nitrogens with zero attached hydrogens (tertiary/aromatic N) is 3. The zero-order valence-corrected chi connectivity index (χ0v) is 24.7. The first-order valence-corrected chi connectivity index (χ1v) is 14.9. The highest BCUT2D eigenvalue weighted by atomic mass is 19.1. The smallest absolute Gasteiger partial charge is 0.309 e. The van der Waals surface area contributed by atoms with Crippen molar-refractivity contribution in [1.82, 2.24) is 14.8 Å². The summed E-state index contributed by atoms with van der Waals surface area (Å²) >= 11 is 0. The van der Waals surface area contributed by atoms with Crippen LogP contribution < -0.4 is 9.47 Å². The van der Waals surface area contributed by atoms with E-state index in [0.29, 0.717) is 70.1 Å². The van der Waals surface area contributed by atoms with Crippen molar-refractivity contribution in [2.75, 3.05) is 59.7 Å². The van der Waals surface area contributed by atoms with Gasteiger partial charge in [0.1, 0.15) is 18.2 Å². The fraction of sp³-hybridized carbons (Fsp3) is 0.500. The summed E-state index contributed by atoms with van der Waals surface area (Å²) in [6.07, 6.45) is 2.07. The zero-order valence-electron chi connectivity index (χ0n) is 24.7. The quantitative estimate of drug-likeness (QED) is 0.303. The number of fused-ring (bicyclic) bond motifs is 1. The molecule has 44 heavy (non-hydrogen) atoms. The third kappa shape index (κ3) is 7.26. The van der Waals surface area contributed by atoms with E-state index in [1.165, 1.54) is 0 Å². The number of methoxy groups -OCH3 is 1. The summed E-state index contributed by atoms with van der Waals surface area (Å²) < 4.78 is 57.1. The normalized spacial score (nSPS) is 18.3. The third-order valence-electron chi connectivity index (χ3n) is 8.81. The monoisotopic (exact) mass is 617 g/mol. The second-order valence-electron chi connectivity index (χ2n) is 11.5. The van der Waals surface area contributed by atoms with Crippen molar-refractivity contribution in [3.63, 3.8) is 0 Å². The summed E-state index contributed by atoms with van der Waals surface area (Å²) in [6.45, 7) is 4.56. The van der Waals surface area contributed by atoms with Crippen LogP contribution in [0.25, 0.3) is 10.9 Å². The van der Waals surface area contributed by atoms with Gasteiger partial charge in [0.2, 0.25) is 0 Å². The molecular formula is C32H38F3N3O6. The van der Waals surface area contributed by atoms with Gasteiger partial charge in [-0.3, -0.25) is 19.6 Å². The van der Waals surface area contributed by atoms with Gasteiger partial charge in [-0.25, -0.2) is 13.2 Å². The van der Waals surface area contributed by atoms with Gasteiger partial charge in [0, 0.05) is 49.9 Å². The van der Waals surface area contributed by atoms with Crippen molar-refractivity contribution in [2.45, 2.75) is 38.3 Å². The maximum atomic E-state index is 13.9. The highest BCUT2D eigenvalue weighted by Crippen LogP contribution is 2.40. The van der Waals surface area contributed by atoms with Crippen molar-refractivity contribution in [3.8, 4) is 11.5 Å². The van der Waals surface area contributed by atoms with Crippen molar-refractivity contribution < 1.29 is 42.4 Å². The van der Waals surface area contributed by atoms with Crippen LogP contribution in [0.5, 0.6) is 11.5 Å². The molecule has 1 unspecified atom stereocenters. The molecule has 2 aliphatic heterocycles. The number of carbonyl (C=O) groups is 1. The molecule has 1 aromatic heterocycles. The Hall–Kier alpha value is -3.45. The van der Waals surface area contributed by atoms with E-state index in [4.69, 9.17) is 14.2 Å². The average Bonchev–Trinajstić information content (AvgIpc) is 3.01. The van der Waals surface area contributed by atoms with Crippen LogP contribution in [0.2, 0.25) is 0 Å². The Morgan fingerprint density at radius 3 is 2.43 bits per heavy atom. The highest BCUT2D eigenvalue weighted by molar-refractivity contribution is 5.85. The maximum absolute atomic E-state index is 13.9. The minimum Gasteiger partial charge on any atom is -0.497 e. The molecule has 3 aromatic rings. The molecular weight excluding hydrogens is 579 g/mol. The molecule has 0 bridgehead atoms. The van der Waals surface area contributed by atoms with Crippen molar-refractivity contribution in [1.29, 1.82) is 0 Å². The Kier molecular flexibility index (Phi) is 10.2. The predicted octanol–water partition coefficient (Wildman–Crippen LogP) is 4.55. The number of aliphatic hydroxyl groups is 1. The average molecular weight is 618 g/mol. The predicted molar refractivity (Wildman–Crippen MR) is 156 cm³/mol. The molecule has 0 saturated carbocycles. The standard InChI is InChI=1S/C32H38F3N3O6/c1-42-23-2-3-27-24(18-23)29(21(19-36-27)20-38-10-13-43-14-11-38)28(39)4-5-32(31(40)41)6-8-37(9-7-32)12-15-44-30-25(34)16-22(33)17-26(30)35/h2-3,16-19,28,39H,4-15,20H2,1H3,(H,40,41). The molecule has 0 aliphatic carbocycles. The lowest BCUT2D eigenvalue weighted by molar-refractivity contribution is -0.153. The number of piperidine rings is 1. The number of halogens is 3. The lowest BCUT2D eigenvalue weighted by Gasteiger charge is -2.39. The van der Waals surface area contributed by atoms with Gasteiger partial charge < -0.3 is 24.4 Å². The Morgan fingerprint density at radius 2 is 1.77 bits per heavy atom. The molecule has 5 rings (SSSR count). The molecule has 0 amide bonds. The molecule has 0 radical (unpaired) electrons. The SMILES string of the molecule is COc1ccc2ncc(CN3CCOCC3)c(C(O)CCC3(C(=O)O)CCN(CCOc4c(F)cc(F)cc4F)CC3)c2c1. The van der Waals surface area contributed by atoms with E-state index < -0.39 is 40.7 Å². The van der Waals surface area contributed by atoms with Gasteiger partial charge in [0.15, 0.2) is 17.4 Å². The summed E-state index contributed by atoms with van der Waals surface area (Å²) in [5.74, 6) is -4.16. The van der Waals surface area contributed by atoms with Crippen LogP contribution in [-0.2, 0) is 16.1 Å². The first kappa shape index (κ1) is 32.0. The van der Waals surface area contributed by atoms with Crippen molar-refractivity contribution in [3.05, 3.63) is 65.1 Å². The number of hydrogen-bond acceptors (Lipinski definition) is 8. The van der Waals surface area contributed by atoms with Crippen LogP contribution in [-0.4, -0.2) is 90.6 Å². The molecule has 238 valence electrons. The number of aromatic nitrogens is 1. The molecule has 2 aliphatic rings. The second-order valence-corrected chi connectivity index (χ2v) is 11.5. The van der Waals surface area contributed by atoms with E-state index in [-0.39, 0.29) is 19.4 Å². The van der Waals surface area contributed by atoms with Gasteiger partial charge in [-0.1, -0.05) is 0 Å². The molecule has 2 fully saturated rings. The van der Waals surface area contributed by atoms with Gasteiger partial charge in [0.05, 0.1) is 37.4 Å². The summed E-state index contributed by atoms with van der Waals surface area (Å²) in [7, 11) is 1.58. The Balaban J connectivity index is 1.25. The minimum atomic E-state index is -1.11. The van der Waals surface area contributed by atoms with Crippen LogP contribution in [0.15, 0.2) is 36.5 Å². The minimum absolute atomic E-state index is 0.0389. The molecule has 0 spiro atoms. The second kappa shape index (κ2) is 14.1. The number of carboxylic acid groups (broad SMARTS) is 1. The third-order valence-corrected chi connectivity index (χ3v) is 8.81. The summed E-state index contributed by atoms with van der Waals surface area (Å²) in [5.41, 5.74) is 1.30. The molecule has 9 nitrogen and oxygen atoms in total. The summed E-state index contributed by atoms with van der Waals surface area (Å²) in [6, 6.07) is 6.65. The molecule has 2 aromatic carbocycles. The topological polar surface area (TPSA) is 105 Å². The number of hydrogen-bond donors (Lipinski definition) is 2. The molecule has 2 saturated heterocycles. The number of benzene rings is 2. The van der Waals surface area contributed by atoms with E-state index in [1.54, 1.807) is 13.3 Å². The Labute approximate surface area is 254 Å². The van der Waals surface area contributed by atoms with E-state index in [2.05, 4.69) is 9.88 Å². The van der Waals surface area contributed by atoms with Gasteiger partial charge in [-0.15, -0.1) is 0 Å². The number of morpholine rings is 1. The van der Waals surface area contributed by atoms with Crippen LogP contribution in [0, 0.1) is 22.9 Å². The molecule has 1 atom stereocenters. The van der Waals surface area contributed by atoms with Crippen molar-refractivity contribution >= 4 is 16.9 Å². The number of pyridine rings is 1. The highest BCUT2D eigenvalue weighted by Gasteiger charge is 2.41. The largest absolute Gasteiger partial charge is 0.497 e. The first-order valence-electron chi connectivity index (χ1n) is 14.9. The van der Waals surface area contributed by atoms with E-state index in [9.17, 15) is 28.2 Å². The van der Waals surface area contributed by atoms with E-state index in [1.807, 2.05) is 23.1 Å². The lowest BCUT2D eigenvalue weighted by Crippen LogP contribution is -2.45. The van der Waals surface area contributed by atoms with Crippen LogP contribution in [0.1, 0.15) is 42.9 Å². The Bertz CT molecular complexity index is 1440. The fourth-order valence-electron chi connectivity index (χ4n) is 6.16. The number of carboxylic acids is 1. The van der Waals surface area contributed by atoms with Crippen molar-refractivity contribution in [2.24, 2.45) is 5.41 Å². The van der Waals surface area contributed by atoms with Crippen LogP contribution in [0.3, 0.4) is 0 Å². The number of likely N-dealkylation sites (tertiary alicyclic amines) is 1. The number of rotatable bonds is 12. The van der Waals surface area contributed by atoms with Crippen LogP contribution in [0.4, 0.5) is 13.2 Å². The van der Waals surface area contributed by atoms with Gasteiger partial charge >= 0.3 is 5.97 Å². The summed E-state index contributed by atoms with van der Waals surface area (Å²) in [5, 5.41) is 22.7. The van der Waals surface area contributed by atoms with Gasteiger partial charge in [0.25, 0.3) is 0 Å². The lowest BCUT2D eigenvalue weighted by atomic mass is 9.74. The van der Waals surface area contributed by atoms with Gasteiger partial charge in [-0.05, 0) is 68.1 Å². The zero-order chi connectivity index (χ0) is 31.3. The number of aliphatic hydroxyl groups excluding tert-OH is 1. The fourth-order valence-corrected chi connectivity index (χ4v) is 6.16. The summed E-state index contributed by atoms with van der Waals surface area (Å²) in [4.78, 5) is 21.4. The number of ether oxygens (including phenoxy) is 3. The van der Waals surface area contributed by atoms with Crippen LogP contribution >= 0.6 is 0 Å². The first-order chi connectivity index (χ1) is 21.2. The number of aliphatic carboxylic acids is 1. The van der Waals surface area contributed by atoms with Gasteiger partial charge in [-0.2, -0.15) is 0 Å². The molecule has 2 N–H and O–H groups in total.